The molecule has 0 bridgehead atoms. The number of nitrogens with two attached hydrogens (primary N) is 1. The summed E-state index contributed by atoms with van der Waals surface area (Å²) in [6.45, 7) is 2.69. The molecule has 0 fully saturated rings. The van der Waals surface area contributed by atoms with Crippen molar-refractivity contribution in [2.45, 2.75) is 167 Å². The van der Waals surface area contributed by atoms with Crippen molar-refractivity contribution in [3.05, 3.63) is 12.2 Å². The van der Waals surface area contributed by atoms with Crippen molar-refractivity contribution < 1.29 is 47.5 Å². The lowest BCUT2D eigenvalue weighted by atomic mass is 10.1. The van der Waals surface area contributed by atoms with Crippen molar-refractivity contribution in [3.63, 3.8) is 0 Å². The molecule has 11 nitrogen and oxygen atoms in total. The molecule has 0 heterocycles. The summed E-state index contributed by atoms with van der Waals surface area (Å²) in [6, 6.07) is -1.52. The largest absolute Gasteiger partial charge is 0.480 e. The number of esters is 2. The first-order valence-electron chi connectivity index (χ1n) is 17.7. The minimum Gasteiger partial charge on any atom is -0.480 e. The summed E-state index contributed by atoms with van der Waals surface area (Å²) in [5.74, 6) is -2.44. The predicted molar refractivity (Wildman–Crippen MR) is 180 cm³/mol. The second-order valence-corrected chi connectivity index (χ2v) is 13.5. The Kier molecular flexibility index (Phi) is 29.4. The Bertz CT molecular complexity index is 854. The molecule has 0 radical (unpaired) electrons. The number of aliphatic carboxylic acids is 1. The molecule has 270 valence electrons. The third-order valence-electron chi connectivity index (χ3n) is 7.53. The standard InChI is InChI=1S/C34H64NO10P/c1-3-5-7-9-11-12-13-14-15-16-17-18-20-22-24-26-33(37)45-30(28-43-46(40,41)44-29-31(35)34(38)39)27-42-32(36)25-23-21-19-10-8-6-4-2/h20,22,30-31H,3-19,21,23-29,35H2,1-2H3,(H,38,39)(H,40,41)/b22-20+/t30-,31-/m0/s1. The number of rotatable bonds is 33. The van der Waals surface area contributed by atoms with Crippen molar-refractivity contribution in [1.82, 2.24) is 0 Å². The predicted octanol–water partition coefficient (Wildman–Crippen LogP) is 8.17. The maximum Gasteiger partial charge on any atom is 0.472 e. The Morgan fingerprint density at radius 2 is 1.13 bits per heavy atom. The molecule has 0 aromatic heterocycles. The molecule has 12 heteroatoms. The van der Waals surface area contributed by atoms with Gasteiger partial charge in [-0.1, -0.05) is 129 Å². The number of unbranched alkanes of at least 4 members (excludes halogenated alkanes) is 17. The molecule has 0 saturated carbocycles. The molecule has 4 N–H and O–H groups in total. The first-order chi connectivity index (χ1) is 22.1. The van der Waals surface area contributed by atoms with Gasteiger partial charge in [0.15, 0.2) is 6.10 Å². The van der Waals surface area contributed by atoms with Crippen LogP contribution >= 0.6 is 7.82 Å². The molecule has 0 saturated heterocycles. The monoisotopic (exact) mass is 677 g/mol. The lowest BCUT2D eigenvalue weighted by Gasteiger charge is -2.20. The van der Waals surface area contributed by atoms with Crippen LogP contribution in [0.15, 0.2) is 12.2 Å². The molecular formula is C34H64NO10P. The second kappa shape index (κ2) is 30.5. The number of hydrogen-bond donors (Lipinski definition) is 3. The van der Waals surface area contributed by atoms with Gasteiger partial charge in [-0.3, -0.25) is 23.4 Å². The van der Waals surface area contributed by atoms with Crippen LogP contribution in [0, 0.1) is 0 Å². The first-order valence-corrected chi connectivity index (χ1v) is 19.2. The molecule has 0 aliphatic rings. The molecule has 0 spiro atoms. The molecule has 0 aliphatic heterocycles. The number of carbonyl (C=O) groups is 3. The number of ether oxygens (including phenoxy) is 2. The molecular weight excluding hydrogens is 613 g/mol. The fourth-order valence-electron chi connectivity index (χ4n) is 4.67. The van der Waals surface area contributed by atoms with Crippen LogP contribution in [0.1, 0.15) is 155 Å². The van der Waals surface area contributed by atoms with Crippen LogP contribution in [0.25, 0.3) is 0 Å². The van der Waals surface area contributed by atoms with Crippen LogP contribution in [0.3, 0.4) is 0 Å². The zero-order chi connectivity index (χ0) is 34.3. The quantitative estimate of drug-likeness (QED) is 0.0265. The van der Waals surface area contributed by atoms with E-state index in [-0.39, 0.29) is 19.4 Å². The average Bonchev–Trinajstić information content (AvgIpc) is 3.02. The van der Waals surface area contributed by atoms with E-state index in [1.54, 1.807) is 0 Å². The van der Waals surface area contributed by atoms with E-state index in [4.69, 9.17) is 24.8 Å². The van der Waals surface area contributed by atoms with Gasteiger partial charge in [0.25, 0.3) is 0 Å². The van der Waals surface area contributed by atoms with Gasteiger partial charge in [0, 0.05) is 12.8 Å². The number of carbonyl (C=O) groups excluding carboxylic acids is 2. The number of phosphoric acid groups is 1. The van der Waals surface area contributed by atoms with Gasteiger partial charge in [-0.2, -0.15) is 0 Å². The molecule has 0 amide bonds. The Hall–Kier alpha value is -1.78. The molecule has 1 unspecified atom stereocenters. The van der Waals surface area contributed by atoms with E-state index in [1.165, 1.54) is 83.5 Å². The van der Waals surface area contributed by atoms with Gasteiger partial charge in [-0.15, -0.1) is 0 Å². The van der Waals surface area contributed by atoms with E-state index < -0.39 is 51.1 Å². The van der Waals surface area contributed by atoms with E-state index in [1.807, 2.05) is 6.08 Å². The van der Waals surface area contributed by atoms with Gasteiger partial charge >= 0.3 is 25.7 Å². The fraction of sp³-hybridized carbons (Fsp3) is 0.853. The average molecular weight is 678 g/mol. The van der Waals surface area contributed by atoms with Crippen LogP contribution in [0.2, 0.25) is 0 Å². The van der Waals surface area contributed by atoms with Crippen LogP contribution in [-0.4, -0.2) is 59.9 Å². The van der Waals surface area contributed by atoms with Gasteiger partial charge in [-0.05, 0) is 25.7 Å². The maximum absolute atomic E-state index is 12.5. The first kappa shape index (κ1) is 44.2. The third-order valence-corrected chi connectivity index (χ3v) is 8.48. The minimum atomic E-state index is -4.70. The van der Waals surface area contributed by atoms with Gasteiger partial charge in [-0.25, -0.2) is 4.57 Å². The molecule has 0 rings (SSSR count). The topological polar surface area (TPSA) is 172 Å². The lowest BCUT2D eigenvalue weighted by Crippen LogP contribution is -2.34. The van der Waals surface area contributed by atoms with E-state index in [9.17, 15) is 23.8 Å². The summed E-state index contributed by atoms with van der Waals surface area (Å²) >= 11 is 0. The molecule has 0 aromatic carbocycles. The van der Waals surface area contributed by atoms with E-state index >= 15 is 0 Å². The van der Waals surface area contributed by atoms with Crippen LogP contribution in [0.4, 0.5) is 0 Å². The zero-order valence-corrected chi connectivity index (χ0v) is 29.6. The number of carboxylic acids is 1. The molecule has 0 aliphatic carbocycles. The zero-order valence-electron chi connectivity index (χ0n) is 28.7. The van der Waals surface area contributed by atoms with Gasteiger partial charge in [0.05, 0.1) is 13.2 Å². The summed E-state index contributed by atoms with van der Waals surface area (Å²) < 4.78 is 32.3. The summed E-state index contributed by atoms with van der Waals surface area (Å²) in [6.07, 6.45) is 26.1. The summed E-state index contributed by atoms with van der Waals surface area (Å²) in [5.41, 5.74) is 5.29. The second-order valence-electron chi connectivity index (χ2n) is 12.0. The third kappa shape index (κ3) is 29.6. The van der Waals surface area contributed by atoms with Gasteiger partial charge < -0.3 is 25.2 Å². The van der Waals surface area contributed by atoms with E-state index in [0.29, 0.717) is 12.8 Å². The van der Waals surface area contributed by atoms with Crippen molar-refractivity contribution in [1.29, 1.82) is 0 Å². The van der Waals surface area contributed by atoms with Crippen molar-refractivity contribution in [2.75, 3.05) is 19.8 Å². The highest BCUT2D eigenvalue weighted by Crippen LogP contribution is 2.43. The summed E-state index contributed by atoms with van der Waals surface area (Å²) in [4.78, 5) is 45.4. The Morgan fingerprint density at radius 1 is 0.652 bits per heavy atom. The Morgan fingerprint density at radius 3 is 1.67 bits per heavy atom. The van der Waals surface area contributed by atoms with Gasteiger partial charge in [0.1, 0.15) is 12.6 Å². The number of allylic oxidation sites excluding steroid dienone is 2. The Labute approximate surface area is 278 Å². The van der Waals surface area contributed by atoms with Crippen LogP contribution in [0.5, 0.6) is 0 Å². The molecule has 0 aromatic rings. The summed E-state index contributed by atoms with van der Waals surface area (Å²) in [5, 5.41) is 8.82. The minimum absolute atomic E-state index is 0.0813. The maximum atomic E-state index is 12.5. The Balaban J connectivity index is 4.47. The lowest BCUT2D eigenvalue weighted by molar-refractivity contribution is -0.161. The molecule has 46 heavy (non-hydrogen) atoms. The highest BCUT2D eigenvalue weighted by atomic mass is 31.2. The normalized spacial score (nSPS) is 14.2. The smallest absolute Gasteiger partial charge is 0.472 e. The number of carboxylic acid groups (broad SMARTS) is 1. The van der Waals surface area contributed by atoms with E-state index in [0.717, 1.165) is 32.1 Å². The van der Waals surface area contributed by atoms with Crippen molar-refractivity contribution >= 4 is 25.7 Å². The number of phosphoric ester groups is 1. The summed E-state index contributed by atoms with van der Waals surface area (Å²) in [7, 11) is -4.70. The van der Waals surface area contributed by atoms with Crippen LogP contribution in [-0.2, 0) is 37.5 Å². The highest BCUT2D eigenvalue weighted by Gasteiger charge is 2.28. The van der Waals surface area contributed by atoms with Crippen molar-refractivity contribution in [3.8, 4) is 0 Å². The fourth-order valence-corrected chi connectivity index (χ4v) is 5.45. The highest BCUT2D eigenvalue weighted by molar-refractivity contribution is 7.47. The van der Waals surface area contributed by atoms with E-state index in [2.05, 4.69) is 24.4 Å². The molecule has 3 atom stereocenters. The van der Waals surface area contributed by atoms with Gasteiger partial charge in [0.2, 0.25) is 0 Å². The number of hydrogen-bond acceptors (Lipinski definition) is 9. The van der Waals surface area contributed by atoms with Crippen molar-refractivity contribution in [2.24, 2.45) is 5.73 Å². The van der Waals surface area contributed by atoms with Crippen LogP contribution < -0.4 is 5.73 Å². The SMILES string of the molecule is CCCCCCCCCCCCC/C=C/CCC(=O)O[C@@H](COC(=O)CCCCCCCCC)COP(=O)(O)OC[C@H](N)C(=O)O.